The predicted octanol–water partition coefficient (Wildman–Crippen LogP) is 2.71. The van der Waals surface area contributed by atoms with Crippen LogP contribution in [0.25, 0.3) is 0 Å². The Morgan fingerprint density at radius 1 is 1.56 bits per heavy atom. The molecule has 0 saturated carbocycles. The molecule has 1 aliphatic heterocycles. The molecule has 3 nitrogen and oxygen atoms in total. The number of nitrogens with one attached hydrogen (secondary N) is 2. The molecule has 2 rings (SSSR count). The average Bonchev–Trinajstić information content (AvgIpc) is 2.82. The Morgan fingerprint density at radius 2 is 2.28 bits per heavy atom. The maximum Gasteiger partial charge on any atom is 0.238 e. The number of rotatable bonds is 3. The third-order valence-electron chi connectivity index (χ3n) is 2.76. The Hall–Kier alpha value is -0.230. The van der Waals surface area contributed by atoms with Crippen LogP contribution < -0.4 is 10.6 Å². The van der Waals surface area contributed by atoms with Gasteiger partial charge in [-0.1, -0.05) is 34.1 Å². The van der Waals surface area contributed by atoms with Crippen molar-refractivity contribution in [1.29, 1.82) is 0 Å². The minimum Gasteiger partial charge on any atom is -0.348 e. The molecule has 1 aliphatic rings. The standard InChI is InChI=1S/C12H15BrN2OS.ClH/c1-8(9-4-2-3-5-10(9)13)15-12(16)11-6-17-7-14-11;/h2-5,8,11,14H,6-7H2,1H3,(H,15,16);1H. The molecule has 2 atom stereocenters. The first-order chi connectivity index (χ1) is 8.18. The van der Waals surface area contributed by atoms with Gasteiger partial charge < -0.3 is 5.32 Å². The van der Waals surface area contributed by atoms with Crippen LogP contribution in [0.1, 0.15) is 18.5 Å². The van der Waals surface area contributed by atoms with Crippen molar-refractivity contribution >= 4 is 46.0 Å². The molecule has 0 aliphatic carbocycles. The van der Waals surface area contributed by atoms with Crippen molar-refractivity contribution in [2.45, 2.75) is 19.0 Å². The highest BCUT2D eigenvalue weighted by Crippen LogP contribution is 2.23. The van der Waals surface area contributed by atoms with Crippen LogP contribution in [0.5, 0.6) is 0 Å². The zero-order valence-corrected chi connectivity index (χ0v) is 13.2. The summed E-state index contributed by atoms with van der Waals surface area (Å²) in [5.74, 6) is 1.80. The predicted molar refractivity (Wildman–Crippen MR) is 82.2 cm³/mol. The molecule has 6 heteroatoms. The summed E-state index contributed by atoms with van der Waals surface area (Å²) in [6.07, 6.45) is 0. The maximum atomic E-state index is 11.9. The lowest BCUT2D eigenvalue weighted by Gasteiger charge is -2.18. The molecular formula is C12H16BrClN2OS. The normalized spacial score (nSPS) is 20.0. The van der Waals surface area contributed by atoms with Gasteiger partial charge in [-0.05, 0) is 18.6 Å². The van der Waals surface area contributed by atoms with Crippen molar-refractivity contribution in [3.8, 4) is 0 Å². The number of amides is 1. The summed E-state index contributed by atoms with van der Waals surface area (Å²) in [6.45, 7) is 2.00. The monoisotopic (exact) mass is 350 g/mol. The van der Waals surface area contributed by atoms with E-state index in [9.17, 15) is 4.79 Å². The fraction of sp³-hybridized carbons (Fsp3) is 0.417. The highest BCUT2D eigenvalue weighted by Gasteiger charge is 2.24. The molecule has 1 aromatic carbocycles. The van der Waals surface area contributed by atoms with Crippen LogP contribution in [0.4, 0.5) is 0 Å². The first-order valence-electron chi connectivity index (χ1n) is 5.54. The molecule has 0 spiro atoms. The van der Waals surface area contributed by atoms with Crippen molar-refractivity contribution < 1.29 is 4.79 Å². The van der Waals surface area contributed by atoms with E-state index in [2.05, 4.69) is 26.6 Å². The average molecular weight is 352 g/mol. The van der Waals surface area contributed by atoms with Gasteiger partial charge in [0.05, 0.1) is 12.1 Å². The molecule has 0 bridgehead atoms. The topological polar surface area (TPSA) is 41.1 Å². The molecule has 0 radical (unpaired) electrons. The van der Waals surface area contributed by atoms with Crippen LogP contribution >= 0.6 is 40.1 Å². The summed E-state index contributed by atoms with van der Waals surface area (Å²) in [4.78, 5) is 11.9. The van der Waals surface area contributed by atoms with E-state index in [4.69, 9.17) is 0 Å². The van der Waals surface area contributed by atoms with Crippen molar-refractivity contribution in [1.82, 2.24) is 10.6 Å². The summed E-state index contributed by atoms with van der Waals surface area (Å²) in [7, 11) is 0. The molecular weight excluding hydrogens is 336 g/mol. The lowest BCUT2D eigenvalue weighted by atomic mass is 10.1. The molecule has 1 fully saturated rings. The largest absolute Gasteiger partial charge is 0.348 e. The number of benzene rings is 1. The molecule has 0 aromatic heterocycles. The third kappa shape index (κ3) is 3.88. The smallest absolute Gasteiger partial charge is 0.238 e. The summed E-state index contributed by atoms with van der Waals surface area (Å²) in [5.41, 5.74) is 1.10. The lowest BCUT2D eigenvalue weighted by molar-refractivity contribution is -0.123. The minimum atomic E-state index is -0.0510. The number of hydrogen-bond acceptors (Lipinski definition) is 3. The minimum absolute atomic E-state index is 0. The van der Waals surface area contributed by atoms with E-state index in [0.29, 0.717) is 0 Å². The van der Waals surface area contributed by atoms with E-state index in [1.807, 2.05) is 31.2 Å². The molecule has 2 unspecified atom stereocenters. The van der Waals surface area contributed by atoms with E-state index < -0.39 is 0 Å². The molecule has 1 saturated heterocycles. The third-order valence-corrected chi connectivity index (χ3v) is 4.43. The van der Waals surface area contributed by atoms with Crippen LogP contribution in [0.15, 0.2) is 28.7 Å². The number of thioether (sulfide) groups is 1. The quantitative estimate of drug-likeness (QED) is 0.880. The number of carbonyl (C=O) groups excluding carboxylic acids is 1. The maximum absolute atomic E-state index is 11.9. The molecule has 2 N–H and O–H groups in total. The van der Waals surface area contributed by atoms with Crippen molar-refractivity contribution in [2.75, 3.05) is 11.6 Å². The Labute approximate surface area is 126 Å². The van der Waals surface area contributed by atoms with Crippen LogP contribution in [0.2, 0.25) is 0 Å². The number of carbonyl (C=O) groups is 1. The first kappa shape index (κ1) is 15.8. The molecule has 1 aromatic rings. The lowest BCUT2D eigenvalue weighted by Crippen LogP contribution is -2.42. The molecule has 1 heterocycles. The molecule has 1 amide bonds. The van der Waals surface area contributed by atoms with Crippen LogP contribution in [-0.2, 0) is 4.79 Å². The Morgan fingerprint density at radius 3 is 2.89 bits per heavy atom. The number of hydrogen-bond donors (Lipinski definition) is 2. The van der Waals surface area contributed by atoms with Gasteiger partial charge in [-0.25, -0.2) is 0 Å². The highest BCUT2D eigenvalue weighted by atomic mass is 79.9. The van der Waals surface area contributed by atoms with Crippen molar-refractivity contribution in [3.05, 3.63) is 34.3 Å². The van der Waals surface area contributed by atoms with Gasteiger partial charge >= 0.3 is 0 Å². The van der Waals surface area contributed by atoms with Crippen molar-refractivity contribution in [2.24, 2.45) is 0 Å². The second kappa shape index (κ2) is 7.38. The van der Waals surface area contributed by atoms with E-state index in [1.165, 1.54) is 0 Å². The van der Waals surface area contributed by atoms with E-state index in [0.717, 1.165) is 21.7 Å². The summed E-state index contributed by atoms with van der Waals surface area (Å²) in [6, 6.07) is 7.92. The van der Waals surface area contributed by atoms with Gasteiger partial charge in [0.2, 0.25) is 5.91 Å². The Bertz CT molecular complexity index is 413. The summed E-state index contributed by atoms with van der Waals surface area (Å²) in [5, 5.41) is 6.20. The van der Waals surface area contributed by atoms with Gasteiger partial charge in [0.25, 0.3) is 0 Å². The van der Waals surface area contributed by atoms with Gasteiger partial charge in [0, 0.05) is 16.1 Å². The highest BCUT2D eigenvalue weighted by molar-refractivity contribution is 9.10. The van der Waals surface area contributed by atoms with Gasteiger partial charge in [-0.15, -0.1) is 24.2 Å². The van der Waals surface area contributed by atoms with Crippen LogP contribution in [0.3, 0.4) is 0 Å². The van der Waals surface area contributed by atoms with Crippen LogP contribution in [0, 0.1) is 0 Å². The zero-order valence-electron chi connectivity index (χ0n) is 9.98. The summed E-state index contributed by atoms with van der Waals surface area (Å²) >= 11 is 5.25. The first-order valence-corrected chi connectivity index (χ1v) is 7.49. The van der Waals surface area contributed by atoms with Crippen LogP contribution in [-0.4, -0.2) is 23.6 Å². The fourth-order valence-electron chi connectivity index (χ4n) is 1.78. The molecule has 100 valence electrons. The van der Waals surface area contributed by atoms with E-state index in [1.54, 1.807) is 11.8 Å². The van der Waals surface area contributed by atoms with E-state index >= 15 is 0 Å². The van der Waals surface area contributed by atoms with Gasteiger partial charge in [0.1, 0.15) is 0 Å². The number of halogens is 2. The van der Waals surface area contributed by atoms with E-state index in [-0.39, 0.29) is 30.4 Å². The van der Waals surface area contributed by atoms with Crippen molar-refractivity contribution in [3.63, 3.8) is 0 Å². The summed E-state index contributed by atoms with van der Waals surface area (Å²) < 4.78 is 1.03. The second-order valence-electron chi connectivity index (χ2n) is 4.02. The SMILES string of the molecule is CC(NC(=O)C1CSCN1)c1ccccc1Br.Cl. The van der Waals surface area contributed by atoms with Gasteiger partial charge in [-0.2, -0.15) is 0 Å². The fourth-order valence-corrected chi connectivity index (χ4v) is 3.35. The Balaban J connectivity index is 0.00000162. The van der Waals surface area contributed by atoms with Gasteiger partial charge in [-0.3, -0.25) is 10.1 Å². The zero-order chi connectivity index (χ0) is 12.3. The molecule has 18 heavy (non-hydrogen) atoms. The van der Waals surface area contributed by atoms with Gasteiger partial charge in [0.15, 0.2) is 0 Å². The second-order valence-corrected chi connectivity index (χ2v) is 5.91. The Kier molecular flexibility index (Phi) is 6.49.